The predicted octanol–water partition coefficient (Wildman–Crippen LogP) is -0.754. The zero-order valence-electron chi connectivity index (χ0n) is 3.81. The van der Waals surface area contributed by atoms with Gasteiger partial charge in [0.25, 0.3) is 0 Å². The molecule has 1 heterocycles. The zero-order chi connectivity index (χ0) is 5.98. The molecule has 0 aromatic heterocycles. The van der Waals surface area contributed by atoms with Crippen molar-refractivity contribution in [3.63, 3.8) is 0 Å². The molecule has 1 aliphatic heterocycles. The van der Waals surface area contributed by atoms with Crippen LogP contribution in [0.4, 0.5) is 0 Å². The molecule has 0 spiro atoms. The van der Waals surface area contributed by atoms with E-state index < -0.39 is 13.8 Å². The van der Waals surface area contributed by atoms with Crippen molar-refractivity contribution in [1.29, 1.82) is 0 Å². The average molecular weight is 309 g/mol. The first kappa shape index (κ1) is 7.01. The van der Waals surface area contributed by atoms with Crippen LogP contribution in [0.5, 0.6) is 0 Å². The van der Waals surface area contributed by atoms with Gasteiger partial charge in [0, 0.05) is 0 Å². The Morgan fingerprint density at radius 2 is 1.75 bits per heavy atom. The average Bonchev–Trinajstić information content (AvgIpc) is 2.12. The number of rotatable bonds is 1. The SMILES string of the molecule is O=[SeH](=O)C1[Se]C=C[Se]1. The van der Waals surface area contributed by atoms with Gasteiger partial charge in [-0.25, -0.2) is 0 Å². The van der Waals surface area contributed by atoms with E-state index in [0.29, 0.717) is 29.9 Å². The van der Waals surface area contributed by atoms with Crippen molar-refractivity contribution in [2.24, 2.45) is 0 Å². The van der Waals surface area contributed by atoms with Crippen LogP contribution in [0.1, 0.15) is 0 Å². The molecular formula is C3H4O2Se3. The molecule has 0 unspecified atom stereocenters. The Hall–Kier alpha value is 0.898. The molecule has 0 N–H and O–H groups in total. The summed E-state index contributed by atoms with van der Waals surface area (Å²) in [4.78, 5) is 4.05. The number of hydrogen-bond donors (Lipinski definition) is 0. The molecule has 0 aromatic carbocycles. The van der Waals surface area contributed by atoms with Gasteiger partial charge in [0.1, 0.15) is 0 Å². The van der Waals surface area contributed by atoms with E-state index in [0.717, 1.165) is 0 Å². The van der Waals surface area contributed by atoms with Crippen LogP contribution < -0.4 is 0 Å². The van der Waals surface area contributed by atoms with E-state index in [-0.39, 0.29) is 2.61 Å². The second-order valence-electron chi connectivity index (χ2n) is 1.14. The normalized spacial score (nSPS) is 20.6. The first-order chi connectivity index (χ1) is 3.80. The molecule has 0 atom stereocenters. The van der Waals surface area contributed by atoms with Gasteiger partial charge in [-0.05, 0) is 0 Å². The fraction of sp³-hybridized carbons (Fsp3) is 0.333. The maximum atomic E-state index is 10.3. The van der Waals surface area contributed by atoms with E-state index in [2.05, 4.69) is 0 Å². The quantitative estimate of drug-likeness (QED) is 0.597. The minimum atomic E-state index is -2.79. The van der Waals surface area contributed by atoms with Crippen LogP contribution >= 0.6 is 0 Å². The monoisotopic (exact) mass is 312 g/mol. The molecule has 0 radical (unpaired) electrons. The van der Waals surface area contributed by atoms with Crippen molar-refractivity contribution < 1.29 is 7.67 Å². The van der Waals surface area contributed by atoms with Gasteiger partial charge in [0.05, 0.1) is 0 Å². The molecular weight excluding hydrogens is 305 g/mol. The Bertz CT molecular complexity index is 155. The van der Waals surface area contributed by atoms with Gasteiger partial charge < -0.3 is 0 Å². The molecule has 0 amide bonds. The third-order valence-corrected chi connectivity index (χ3v) is 13.3. The first-order valence-electron chi connectivity index (χ1n) is 1.90. The van der Waals surface area contributed by atoms with Crippen LogP contribution in [0.3, 0.4) is 0 Å². The van der Waals surface area contributed by atoms with Crippen molar-refractivity contribution in [2.45, 2.75) is 2.61 Å². The molecule has 2 nitrogen and oxygen atoms in total. The Morgan fingerprint density at radius 3 is 2.00 bits per heavy atom. The van der Waals surface area contributed by atoms with Crippen LogP contribution in [0.15, 0.2) is 9.95 Å². The summed E-state index contributed by atoms with van der Waals surface area (Å²) in [6, 6.07) is 0. The van der Waals surface area contributed by atoms with Gasteiger partial charge >= 0.3 is 63.9 Å². The van der Waals surface area contributed by atoms with E-state index in [4.69, 9.17) is 0 Å². The molecule has 0 bridgehead atoms. The van der Waals surface area contributed by atoms with Crippen LogP contribution in [-0.2, 0) is 7.67 Å². The standard InChI is InChI=1S/C3H4O2Se3/c4-8(5)3-6-1-2-7-3/h1-3,8H. The summed E-state index contributed by atoms with van der Waals surface area (Å²) < 4.78 is 20.7. The Kier molecular flexibility index (Phi) is 2.77. The topological polar surface area (TPSA) is 34.1 Å². The van der Waals surface area contributed by atoms with E-state index >= 15 is 0 Å². The van der Waals surface area contributed by atoms with Crippen LogP contribution in [0.2, 0.25) is 2.61 Å². The molecule has 8 heavy (non-hydrogen) atoms. The molecule has 5 heteroatoms. The summed E-state index contributed by atoms with van der Waals surface area (Å²) in [6.07, 6.45) is 0. The molecule has 1 aliphatic rings. The second kappa shape index (κ2) is 3.16. The van der Waals surface area contributed by atoms with Gasteiger partial charge in [-0.1, -0.05) is 0 Å². The molecule has 0 saturated heterocycles. The summed E-state index contributed by atoms with van der Waals surface area (Å²) in [5.41, 5.74) is 0. The minimum absolute atomic E-state index is 0.113. The zero-order valence-corrected chi connectivity index (χ0v) is 9.11. The van der Waals surface area contributed by atoms with Crippen molar-refractivity contribution >= 4 is 43.7 Å². The second-order valence-corrected chi connectivity index (χ2v) is 12.6. The third-order valence-electron chi connectivity index (χ3n) is 0.618. The summed E-state index contributed by atoms with van der Waals surface area (Å²) in [5.74, 6) is 0. The van der Waals surface area contributed by atoms with Gasteiger partial charge in [0.15, 0.2) is 0 Å². The molecule has 0 saturated carbocycles. The summed E-state index contributed by atoms with van der Waals surface area (Å²) >= 11 is -2.20. The number of hydrogen-bond acceptors (Lipinski definition) is 2. The van der Waals surface area contributed by atoms with Gasteiger partial charge in [-0.15, -0.1) is 0 Å². The fourth-order valence-electron chi connectivity index (χ4n) is 0.330. The Morgan fingerprint density at radius 1 is 1.25 bits per heavy atom. The summed E-state index contributed by atoms with van der Waals surface area (Å²) in [7, 11) is 0. The van der Waals surface area contributed by atoms with Crippen LogP contribution in [-0.4, -0.2) is 43.7 Å². The first-order valence-corrected chi connectivity index (χ1v) is 8.47. The summed E-state index contributed by atoms with van der Waals surface area (Å²) in [6.45, 7) is 0. The molecule has 0 fully saturated rings. The Labute approximate surface area is 63.7 Å². The van der Waals surface area contributed by atoms with E-state index in [1.165, 1.54) is 0 Å². The van der Waals surface area contributed by atoms with E-state index in [1.54, 1.807) is 0 Å². The van der Waals surface area contributed by atoms with Crippen molar-refractivity contribution in [3.05, 3.63) is 9.95 Å². The Balaban J connectivity index is 2.53. The third kappa shape index (κ3) is 1.70. The van der Waals surface area contributed by atoms with Gasteiger partial charge in [-0.3, -0.25) is 0 Å². The van der Waals surface area contributed by atoms with Crippen LogP contribution in [0.25, 0.3) is 0 Å². The molecule has 1 rings (SSSR count). The fourth-order valence-corrected chi connectivity index (χ4v) is 8.91. The van der Waals surface area contributed by atoms with E-state index in [9.17, 15) is 7.67 Å². The summed E-state index contributed by atoms with van der Waals surface area (Å²) in [5, 5.41) is 0. The van der Waals surface area contributed by atoms with E-state index in [1.807, 2.05) is 9.95 Å². The van der Waals surface area contributed by atoms with Crippen LogP contribution in [0, 0.1) is 0 Å². The van der Waals surface area contributed by atoms with Gasteiger partial charge in [-0.2, -0.15) is 0 Å². The van der Waals surface area contributed by atoms with Gasteiger partial charge in [0.2, 0.25) is 0 Å². The molecule has 46 valence electrons. The molecule has 0 aromatic rings. The van der Waals surface area contributed by atoms with Crippen molar-refractivity contribution in [1.82, 2.24) is 0 Å². The van der Waals surface area contributed by atoms with Crippen molar-refractivity contribution in [3.8, 4) is 0 Å². The molecule has 0 aliphatic carbocycles. The maximum absolute atomic E-state index is 10.3. The van der Waals surface area contributed by atoms with Crippen molar-refractivity contribution in [2.75, 3.05) is 0 Å². The predicted molar refractivity (Wildman–Crippen MR) is 32.9 cm³/mol.